The summed E-state index contributed by atoms with van der Waals surface area (Å²) in [5, 5.41) is 6.06. The molecule has 8 nitrogen and oxygen atoms in total. The molecule has 3 aromatic rings. The fourth-order valence-electron chi connectivity index (χ4n) is 3.27. The van der Waals surface area contributed by atoms with Crippen LogP contribution in [0, 0.1) is 6.92 Å². The van der Waals surface area contributed by atoms with Crippen LogP contribution >= 0.6 is 0 Å². The minimum atomic E-state index is -0.461. The zero-order valence-corrected chi connectivity index (χ0v) is 18.3. The third-order valence-corrected chi connectivity index (χ3v) is 4.77. The molecule has 0 saturated carbocycles. The topological polar surface area (TPSA) is 107 Å². The van der Waals surface area contributed by atoms with Gasteiger partial charge in [0.15, 0.2) is 6.61 Å². The minimum Gasteiger partial charge on any atom is -0.495 e. The second-order valence-electron chi connectivity index (χ2n) is 7.32. The van der Waals surface area contributed by atoms with Crippen molar-refractivity contribution in [2.24, 2.45) is 0 Å². The number of rotatable bonds is 9. The number of ether oxygens (including phenoxy) is 2. The van der Waals surface area contributed by atoms with E-state index in [-0.39, 0.29) is 13.2 Å². The van der Waals surface area contributed by atoms with E-state index in [0.717, 1.165) is 29.4 Å². The van der Waals surface area contributed by atoms with Crippen molar-refractivity contribution >= 4 is 28.5 Å². The van der Waals surface area contributed by atoms with Crippen LogP contribution in [0.3, 0.4) is 0 Å². The minimum absolute atomic E-state index is 0.216. The summed E-state index contributed by atoms with van der Waals surface area (Å²) in [6, 6.07) is 12.0. The Morgan fingerprint density at radius 1 is 1.06 bits per heavy atom. The van der Waals surface area contributed by atoms with Crippen LogP contribution in [0.2, 0.25) is 0 Å². The molecule has 2 N–H and O–H groups in total. The summed E-state index contributed by atoms with van der Waals surface area (Å²) < 4.78 is 16.0. The molecule has 2 amide bonds. The maximum absolute atomic E-state index is 12.2. The number of anilines is 1. The highest BCUT2D eigenvalue weighted by atomic mass is 16.5. The molecule has 0 bridgehead atoms. The van der Waals surface area contributed by atoms with Crippen LogP contribution in [0.4, 0.5) is 5.69 Å². The predicted octanol–water partition coefficient (Wildman–Crippen LogP) is 3.20. The van der Waals surface area contributed by atoms with Crippen LogP contribution in [0.5, 0.6) is 11.5 Å². The van der Waals surface area contributed by atoms with E-state index in [9.17, 15) is 14.4 Å². The summed E-state index contributed by atoms with van der Waals surface area (Å²) in [5.74, 6) is 0.0675. The van der Waals surface area contributed by atoms with Crippen molar-refractivity contribution < 1.29 is 23.5 Å². The van der Waals surface area contributed by atoms with Crippen LogP contribution in [0.1, 0.15) is 24.5 Å². The lowest BCUT2D eigenvalue weighted by Gasteiger charge is -2.12. The predicted molar refractivity (Wildman–Crippen MR) is 121 cm³/mol. The molecule has 2 aromatic carbocycles. The number of aryl methyl sites for hydroxylation is 2. The highest BCUT2D eigenvalue weighted by molar-refractivity contribution is 5.96. The monoisotopic (exact) mass is 438 g/mol. The molecular formula is C24H26N2O6. The molecule has 168 valence electrons. The summed E-state index contributed by atoms with van der Waals surface area (Å²) in [6.07, 6.45) is 1.67. The van der Waals surface area contributed by atoms with Gasteiger partial charge in [-0.05, 0) is 48.7 Å². The molecule has 0 radical (unpaired) electrons. The molecule has 0 spiro atoms. The highest BCUT2D eigenvalue weighted by Crippen LogP contribution is 2.25. The molecule has 8 heteroatoms. The summed E-state index contributed by atoms with van der Waals surface area (Å²) in [5.41, 5.74) is 2.39. The van der Waals surface area contributed by atoms with Crippen molar-refractivity contribution in [3.63, 3.8) is 0 Å². The Hall–Kier alpha value is -3.81. The first kappa shape index (κ1) is 22.9. The van der Waals surface area contributed by atoms with Crippen molar-refractivity contribution in [2.75, 3.05) is 25.6 Å². The molecule has 0 atom stereocenters. The molecular weight excluding hydrogens is 412 g/mol. The second-order valence-corrected chi connectivity index (χ2v) is 7.32. The van der Waals surface area contributed by atoms with Gasteiger partial charge < -0.3 is 24.5 Å². The first-order chi connectivity index (χ1) is 15.4. The second kappa shape index (κ2) is 10.5. The number of carbonyl (C=O) groups is 2. The average molecular weight is 438 g/mol. The maximum Gasteiger partial charge on any atom is 0.336 e. The van der Waals surface area contributed by atoms with E-state index in [4.69, 9.17) is 13.9 Å². The van der Waals surface area contributed by atoms with Crippen molar-refractivity contribution in [1.82, 2.24) is 5.32 Å². The largest absolute Gasteiger partial charge is 0.495 e. The van der Waals surface area contributed by atoms with Gasteiger partial charge in [0.1, 0.15) is 17.1 Å². The first-order valence-electron chi connectivity index (χ1n) is 10.3. The number of benzene rings is 2. The van der Waals surface area contributed by atoms with E-state index < -0.39 is 17.4 Å². The van der Waals surface area contributed by atoms with Gasteiger partial charge in [-0.15, -0.1) is 0 Å². The molecule has 3 rings (SSSR count). The van der Waals surface area contributed by atoms with E-state index in [1.807, 2.05) is 19.9 Å². The number of hydrogen-bond donors (Lipinski definition) is 2. The summed E-state index contributed by atoms with van der Waals surface area (Å²) in [7, 11) is 1.52. The van der Waals surface area contributed by atoms with Crippen LogP contribution in [-0.4, -0.2) is 32.1 Å². The standard InChI is InChI=1S/C24H26N2O6/c1-4-5-16-11-24(29)32-21-12-17(7-8-18(16)21)31-14-23(28)25-13-22(27)26-19-10-15(2)6-9-20(19)30-3/h6-12H,4-5,13-14H2,1-3H3,(H,25,28)(H,26,27). The third-order valence-electron chi connectivity index (χ3n) is 4.77. The third kappa shape index (κ3) is 5.87. The molecule has 32 heavy (non-hydrogen) atoms. The Balaban J connectivity index is 1.54. The highest BCUT2D eigenvalue weighted by Gasteiger charge is 2.11. The molecule has 1 heterocycles. The Bertz CT molecular complexity index is 1180. The zero-order chi connectivity index (χ0) is 23.1. The number of fused-ring (bicyclic) bond motifs is 1. The Kier molecular flexibility index (Phi) is 7.49. The number of methoxy groups -OCH3 is 1. The Morgan fingerprint density at radius 2 is 1.88 bits per heavy atom. The maximum atomic E-state index is 12.2. The molecule has 0 fully saturated rings. The van der Waals surface area contributed by atoms with Crippen molar-refractivity contribution in [2.45, 2.75) is 26.7 Å². The SMILES string of the molecule is CCCc1cc(=O)oc2cc(OCC(=O)NCC(=O)Nc3cc(C)ccc3OC)ccc12. The van der Waals surface area contributed by atoms with Gasteiger partial charge in [-0.25, -0.2) is 4.79 Å². The molecule has 0 unspecified atom stereocenters. The number of nitrogens with one attached hydrogen (secondary N) is 2. The van der Waals surface area contributed by atoms with Crippen LogP contribution in [0.15, 0.2) is 51.7 Å². The van der Waals surface area contributed by atoms with Gasteiger partial charge in [0.2, 0.25) is 5.91 Å². The lowest BCUT2D eigenvalue weighted by atomic mass is 10.1. The molecule has 0 aliphatic heterocycles. The molecule has 1 aromatic heterocycles. The Labute approximate surface area is 185 Å². The van der Waals surface area contributed by atoms with Crippen molar-refractivity contribution in [1.29, 1.82) is 0 Å². The summed E-state index contributed by atoms with van der Waals surface area (Å²) in [4.78, 5) is 36.0. The first-order valence-corrected chi connectivity index (χ1v) is 10.3. The number of amides is 2. The fourth-order valence-corrected chi connectivity index (χ4v) is 3.27. The van der Waals surface area contributed by atoms with E-state index in [0.29, 0.717) is 22.8 Å². The molecule has 0 aliphatic carbocycles. The van der Waals surface area contributed by atoms with Gasteiger partial charge in [0.25, 0.3) is 5.91 Å². The lowest BCUT2D eigenvalue weighted by molar-refractivity contribution is -0.125. The van der Waals surface area contributed by atoms with Crippen LogP contribution in [0.25, 0.3) is 11.0 Å². The fraction of sp³-hybridized carbons (Fsp3) is 0.292. The summed E-state index contributed by atoms with van der Waals surface area (Å²) >= 11 is 0. The normalized spacial score (nSPS) is 10.6. The van der Waals surface area contributed by atoms with Gasteiger partial charge in [0.05, 0.1) is 19.3 Å². The van der Waals surface area contributed by atoms with E-state index in [2.05, 4.69) is 10.6 Å². The van der Waals surface area contributed by atoms with Crippen molar-refractivity contribution in [3.8, 4) is 11.5 Å². The van der Waals surface area contributed by atoms with Gasteiger partial charge in [-0.3, -0.25) is 9.59 Å². The number of hydrogen-bond acceptors (Lipinski definition) is 6. The van der Waals surface area contributed by atoms with E-state index in [1.54, 1.807) is 30.3 Å². The number of carbonyl (C=O) groups excluding carboxylic acids is 2. The molecule has 0 saturated heterocycles. The summed E-state index contributed by atoms with van der Waals surface area (Å²) in [6.45, 7) is 3.43. The van der Waals surface area contributed by atoms with Crippen molar-refractivity contribution in [3.05, 3.63) is 64.0 Å². The van der Waals surface area contributed by atoms with Gasteiger partial charge in [0, 0.05) is 17.5 Å². The van der Waals surface area contributed by atoms with E-state index >= 15 is 0 Å². The smallest absolute Gasteiger partial charge is 0.336 e. The van der Waals surface area contributed by atoms with Gasteiger partial charge in [-0.1, -0.05) is 19.4 Å². The quantitative estimate of drug-likeness (QED) is 0.497. The van der Waals surface area contributed by atoms with Gasteiger partial charge >= 0.3 is 5.63 Å². The van der Waals surface area contributed by atoms with E-state index in [1.165, 1.54) is 13.2 Å². The van der Waals surface area contributed by atoms with Crippen LogP contribution in [-0.2, 0) is 16.0 Å². The average Bonchev–Trinajstić information content (AvgIpc) is 2.76. The van der Waals surface area contributed by atoms with Gasteiger partial charge in [-0.2, -0.15) is 0 Å². The molecule has 0 aliphatic rings. The zero-order valence-electron chi connectivity index (χ0n) is 18.3. The Morgan fingerprint density at radius 3 is 2.62 bits per heavy atom. The van der Waals surface area contributed by atoms with Crippen LogP contribution < -0.4 is 25.7 Å². The lowest BCUT2D eigenvalue weighted by Crippen LogP contribution is -2.35.